The first-order valence-corrected chi connectivity index (χ1v) is 7.11. The Labute approximate surface area is 120 Å². The second-order valence-corrected chi connectivity index (χ2v) is 5.78. The van der Waals surface area contributed by atoms with Gasteiger partial charge in [0.1, 0.15) is 6.61 Å². The van der Waals surface area contributed by atoms with Crippen LogP contribution in [-0.4, -0.2) is 11.0 Å². The van der Waals surface area contributed by atoms with E-state index in [1.807, 2.05) is 6.92 Å². The largest absolute Gasteiger partial charge is 0.481 e. The van der Waals surface area contributed by atoms with Gasteiger partial charge >= 0.3 is 0 Å². The maximum absolute atomic E-state index is 13.8. The summed E-state index contributed by atoms with van der Waals surface area (Å²) in [4.78, 5) is 4.17. The summed E-state index contributed by atoms with van der Waals surface area (Å²) in [5.41, 5.74) is 6.79. The van der Waals surface area contributed by atoms with Gasteiger partial charge in [0.2, 0.25) is 0 Å². The number of nitrogens with zero attached hydrogens (tertiary/aromatic N) is 1. The highest BCUT2D eigenvalue weighted by Gasteiger charge is 2.14. The van der Waals surface area contributed by atoms with E-state index in [4.69, 9.17) is 10.5 Å². The Bertz CT molecular complexity index is 576. The van der Waals surface area contributed by atoms with E-state index in [0.717, 1.165) is 5.01 Å². The fraction of sp³-hybridized carbons (Fsp3) is 0.357. The van der Waals surface area contributed by atoms with Gasteiger partial charge in [-0.2, -0.15) is 0 Å². The smallest absolute Gasteiger partial charge is 0.191 e. The van der Waals surface area contributed by atoms with E-state index >= 15 is 0 Å². The predicted octanol–water partition coefficient (Wildman–Crippen LogP) is 3.20. The second-order valence-electron chi connectivity index (χ2n) is 4.72. The summed E-state index contributed by atoms with van der Waals surface area (Å²) in [6.45, 7) is 3.69. The molecule has 0 amide bonds. The highest BCUT2D eigenvalue weighted by molar-refractivity contribution is 7.09. The summed E-state index contributed by atoms with van der Waals surface area (Å²) in [7, 11) is 0. The average molecular weight is 298 g/mol. The molecule has 0 bridgehead atoms. The minimum atomic E-state index is -0.715. The van der Waals surface area contributed by atoms with Crippen molar-refractivity contribution in [3.8, 4) is 5.75 Å². The van der Waals surface area contributed by atoms with E-state index in [0.29, 0.717) is 17.7 Å². The van der Waals surface area contributed by atoms with Gasteiger partial charge in [-0.3, -0.25) is 0 Å². The Morgan fingerprint density at radius 1 is 1.35 bits per heavy atom. The van der Waals surface area contributed by atoms with E-state index in [-0.39, 0.29) is 18.4 Å². The van der Waals surface area contributed by atoms with E-state index in [2.05, 4.69) is 4.98 Å². The number of halogens is 2. The summed E-state index contributed by atoms with van der Waals surface area (Å²) in [6, 6.07) is 2.36. The van der Waals surface area contributed by atoms with Crippen LogP contribution in [0.5, 0.6) is 5.75 Å². The molecule has 0 spiro atoms. The molecule has 1 unspecified atom stereocenters. The number of aromatic nitrogens is 1. The van der Waals surface area contributed by atoms with Crippen LogP contribution in [0, 0.1) is 18.6 Å². The highest BCUT2D eigenvalue weighted by Crippen LogP contribution is 2.25. The van der Waals surface area contributed by atoms with Crippen molar-refractivity contribution in [2.75, 3.05) is 0 Å². The van der Waals surface area contributed by atoms with Gasteiger partial charge in [-0.1, -0.05) is 0 Å². The van der Waals surface area contributed by atoms with E-state index in [1.165, 1.54) is 23.5 Å². The molecule has 0 radical (unpaired) electrons. The Morgan fingerprint density at radius 3 is 2.50 bits per heavy atom. The number of rotatable bonds is 5. The topological polar surface area (TPSA) is 48.1 Å². The Balaban J connectivity index is 2.11. The minimum absolute atomic E-state index is 0.0464. The zero-order chi connectivity index (χ0) is 14.7. The van der Waals surface area contributed by atoms with Gasteiger partial charge in [0, 0.05) is 11.4 Å². The second kappa shape index (κ2) is 6.28. The van der Waals surface area contributed by atoms with Crippen LogP contribution in [0.3, 0.4) is 0 Å². The standard InChI is InChI=1S/C14H16F2N2OS/c1-8(17)3-10-4-12(15)14(13(16)5-10)19-6-11-7-20-9(2)18-11/h4-5,7-8H,3,6,17H2,1-2H3. The molecule has 1 aromatic carbocycles. The fourth-order valence-corrected chi connectivity index (χ4v) is 2.46. The summed E-state index contributed by atoms with van der Waals surface area (Å²) in [5, 5.41) is 2.69. The summed E-state index contributed by atoms with van der Waals surface area (Å²) < 4.78 is 32.9. The van der Waals surface area contributed by atoms with Crippen molar-refractivity contribution in [2.45, 2.75) is 32.9 Å². The van der Waals surface area contributed by atoms with Gasteiger partial charge in [0.25, 0.3) is 0 Å². The molecule has 1 atom stereocenters. The van der Waals surface area contributed by atoms with Crippen LogP contribution in [0.4, 0.5) is 8.78 Å². The number of ether oxygens (including phenoxy) is 1. The van der Waals surface area contributed by atoms with Gasteiger partial charge in [-0.15, -0.1) is 11.3 Å². The molecule has 0 fully saturated rings. The molecule has 0 aliphatic rings. The Hall–Kier alpha value is -1.53. The average Bonchev–Trinajstić information content (AvgIpc) is 2.73. The first-order valence-electron chi connectivity index (χ1n) is 6.23. The first-order chi connectivity index (χ1) is 9.45. The molecule has 0 saturated carbocycles. The monoisotopic (exact) mass is 298 g/mol. The van der Waals surface area contributed by atoms with E-state index < -0.39 is 11.6 Å². The molecule has 0 aliphatic carbocycles. The van der Waals surface area contributed by atoms with Gasteiger partial charge in [-0.25, -0.2) is 13.8 Å². The van der Waals surface area contributed by atoms with Crippen LogP contribution in [0.15, 0.2) is 17.5 Å². The quantitative estimate of drug-likeness (QED) is 0.922. The number of hydrogen-bond acceptors (Lipinski definition) is 4. The van der Waals surface area contributed by atoms with Crippen LogP contribution < -0.4 is 10.5 Å². The van der Waals surface area contributed by atoms with Gasteiger partial charge in [0.05, 0.1) is 10.7 Å². The maximum atomic E-state index is 13.8. The minimum Gasteiger partial charge on any atom is -0.481 e. The zero-order valence-electron chi connectivity index (χ0n) is 11.3. The molecule has 2 N–H and O–H groups in total. The van der Waals surface area contributed by atoms with E-state index in [1.54, 1.807) is 12.3 Å². The summed E-state index contributed by atoms with van der Waals surface area (Å²) in [6.07, 6.45) is 0.416. The van der Waals surface area contributed by atoms with Crippen LogP contribution in [0.25, 0.3) is 0 Å². The van der Waals surface area contributed by atoms with Crippen molar-refractivity contribution >= 4 is 11.3 Å². The van der Waals surface area contributed by atoms with Gasteiger partial charge in [-0.05, 0) is 38.0 Å². The molecule has 20 heavy (non-hydrogen) atoms. The number of nitrogens with two attached hydrogens (primary N) is 1. The maximum Gasteiger partial charge on any atom is 0.191 e. The van der Waals surface area contributed by atoms with E-state index in [9.17, 15) is 8.78 Å². The number of hydrogen-bond donors (Lipinski definition) is 1. The van der Waals surface area contributed by atoms with Crippen molar-refractivity contribution in [3.63, 3.8) is 0 Å². The van der Waals surface area contributed by atoms with Crippen molar-refractivity contribution < 1.29 is 13.5 Å². The SMILES string of the molecule is Cc1nc(COc2c(F)cc(CC(C)N)cc2F)cs1. The molecule has 108 valence electrons. The third kappa shape index (κ3) is 3.74. The van der Waals surface area contributed by atoms with Crippen molar-refractivity contribution in [1.82, 2.24) is 4.98 Å². The normalized spacial score (nSPS) is 12.4. The van der Waals surface area contributed by atoms with Crippen molar-refractivity contribution in [1.29, 1.82) is 0 Å². The van der Waals surface area contributed by atoms with Crippen molar-refractivity contribution in [2.24, 2.45) is 5.73 Å². The summed E-state index contributed by atoms with van der Waals surface area (Å²) in [5.74, 6) is -1.80. The fourth-order valence-electron chi connectivity index (χ4n) is 1.86. The molecule has 3 nitrogen and oxygen atoms in total. The predicted molar refractivity (Wildman–Crippen MR) is 74.9 cm³/mol. The lowest BCUT2D eigenvalue weighted by Gasteiger charge is -2.10. The summed E-state index contributed by atoms with van der Waals surface area (Å²) >= 11 is 1.46. The first kappa shape index (κ1) is 14.9. The molecule has 6 heteroatoms. The lowest BCUT2D eigenvalue weighted by atomic mass is 10.1. The molecule has 1 heterocycles. The third-order valence-corrected chi connectivity index (χ3v) is 3.47. The molecule has 0 aliphatic heterocycles. The molecular formula is C14H16F2N2OS. The van der Waals surface area contributed by atoms with Crippen molar-refractivity contribution in [3.05, 3.63) is 45.4 Å². The van der Waals surface area contributed by atoms with Gasteiger partial charge in [0.15, 0.2) is 17.4 Å². The number of benzene rings is 1. The number of thiazole rings is 1. The third-order valence-electron chi connectivity index (χ3n) is 2.65. The van der Waals surface area contributed by atoms with Crippen LogP contribution in [0.1, 0.15) is 23.2 Å². The highest BCUT2D eigenvalue weighted by atomic mass is 32.1. The number of aryl methyl sites for hydroxylation is 1. The Morgan fingerprint density at radius 2 is 2.00 bits per heavy atom. The zero-order valence-corrected chi connectivity index (χ0v) is 12.1. The Kier molecular flexibility index (Phi) is 4.67. The molecule has 2 aromatic rings. The van der Waals surface area contributed by atoms with Gasteiger partial charge < -0.3 is 10.5 Å². The molecule has 1 aromatic heterocycles. The molecular weight excluding hydrogens is 282 g/mol. The molecule has 2 rings (SSSR count). The van der Waals surface area contributed by atoms with Crippen LogP contribution in [0.2, 0.25) is 0 Å². The van der Waals surface area contributed by atoms with Crippen LogP contribution in [-0.2, 0) is 13.0 Å². The van der Waals surface area contributed by atoms with Crippen LogP contribution >= 0.6 is 11.3 Å². The lowest BCUT2D eigenvalue weighted by Crippen LogP contribution is -2.18. The lowest BCUT2D eigenvalue weighted by molar-refractivity contribution is 0.270. The molecule has 0 saturated heterocycles.